The first-order chi connectivity index (χ1) is 8.61. The zero-order valence-corrected chi connectivity index (χ0v) is 11.8. The maximum absolute atomic E-state index is 12.1. The fourth-order valence-electron chi connectivity index (χ4n) is 2.08. The highest BCUT2D eigenvalue weighted by atomic mass is 32.2. The highest BCUT2D eigenvalue weighted by Crippen LogP contribution is 2.19. The van der Waals surface area contributed by atoms with E-state index in [-0.39, 0.29) is 12.6 Å². The van der Waals surface area contributed by atoms with Gasteiger partial charge in [0, 0.05) is 32.3 Å². The highest BCUT2D eigenvalue weighted by Gasteiger charge is 2.31. The molecule has 0 bridgehead atoms. The minimum Gasteiger partial charge on any atom is -0.395 e. The van der Waals surface area contributed by atoms with Gasteiger partial charge in [0.2, 0.25) is 0 Å². The van der Waals surface area contributed by atoms with E-state index in [4.69, 9.17) is 4.74 Å². The minimum atomic E-state index is -3.46. The van der Waals surface area contributed by atoms with Gasteiger partial charge < -0.3 is 9.84 Å². The Bertz CT molecular complexity index is 321. The zero-order chi connectivity index (χ0) is 13.4. The van der Waals surface area contributed by atoms with Crippen LogP contribution in [0.3, 0.4) is 0 Å². The Morgan fingerprint density at radius 2 is 2.22 bits per heavy atom. The molecule has 0 saturated carbocycles. The van der Waals surface area contributed by atoms with Crippen LogP contribution in [0.4, 0.5) is 0 Å². The van der Waals surface area contributed by atoms with Crippen LogP contribution in [0.1, 0.15) is 32.6 Å². The molecule has 1 unspecified atom stereocenters. The van der Waals surface area contributed by atoms with Crippen LogP contribution in [-0.2, 0) is 14.9 Å². The Morgan fingerprint density at radius 1 is 1.44 bits per heavy atom. The summed E-state index contributed by atoms with van der Waals surface area (Å²) >= 11 is 0. The van der Waals surface area contributed by atoms with Crippen LogP contribution in [-0.4, -0.2) is 56.8 Å². The predicted molar refractivity (Wildman–Crippen MR) is 69.5 cm³/mol. The molecule has 0 aromatic carbocycles. The summed E-state index contributed by atoms with van der Waals surface area (Å²) in [5, 5.41) is 9.21. The summed E-state index contributed by atoms with van der Waals surface area (Å²) < 4.78 is 33.2. The van der Waals surface area contributed by atoms with Crippen molar-refractivity contribution in [2.24, 2.45) is 0 Å². The van der Waals surface area contributed by atoms with Crippen molar-refractivity contribution in [1.82, 2.24) is 9.03 Å². The molecule has 0 spiro atoms. The van der Waals surface area contributed by atoms with Gasteiger partial charge >= 0.3 is 0 Å². The monoisotopic (exact) mass is 280 g/mol. The van der Waals surface area contributed by atoms with Gasteiger partial charge in [0.25, 0.3) is 10.2 Å². The van der Waals surface area contributed by atoms with Gasteiger partial charge in [0.15, 0.2) is 0 Å². The molecule has 1 aliphatic rings. The lowest BCUT2D eigenvalue weighted by atomic mass is 10.1. The van der Waals surface area contributed by atoms with Crippen LogP contribution in [0.25, 0.3) is 0 Å². The number of hydrogen-bond donors (Lipinski definition) is 2. The maximum atomic E-state index is 12.1. The van der Waals surface area contributed by atoms with E-state index in [0.717, 1.165) is 19.3 Å². The van der Waals surface area contributed by atoms with Gasteiger partial charge in [-0.1, -0.05) is 6.42 Å². The van der Waals surface area contributed by atoms with E-state index in [1.54, 1.807) is 0 Å². The summed E-state index contributed by atoms with van der Waals surface area (Å²) in [5.41, 5.74) is 0. The molecule has 0 amide bonds. The summed E-state index contributed by atoms with van der Waals surface area (Å²) in [6.07, 6.45) is 3.22. The van der Waals surface area contributed by atoms with E-state index >= 15 is 0 Å². The maximum Gasteiger partial charge on any atom is 0.279 e. The summed E-state index contributed by atoms with van der Waals surface area (Å²) in [6, 6.07) is -0.275. The van der Waals surface area contributed by atoms with Gasteiger partial charge in [-0.15, -0.1) is 0 Å². The Morgan fingerprint density at radius 3 is 2.89 bits per heavy atom. The molecule has 1 aliphatic heterocycles. The largest absolute Gasteiger partial charge is 0.395 e. The summed E-state index contributed by atoms with van der Waals surface area (Å²) in [7, 11) is -3.46. The molecule has 18 heavy (non-hydrogen) atoms. The molecule has 0 radical (unpaired) electrons. The van der Waals surface area contributed by atoms with Crippen LogP contribution in [0.2, 0.25) is 0 Å². The average molecular weight is 280 g/mol. The first kappa shape index (κ1) is 15.8. The molecule has 1 rings (SSSR count). The molecule has 0 aromatic heterocycles. The quantitative estimate of drug-likeness (QED) is 0.618. The van der Waals surface area contributed by atoms with E-state index in [1.807, 2.05) is 6.92 Å². The normalized spacial score (nSPS) is 22.2. The second-order valence-electron chi connectivity index (χ2n) is 4.39. The number of rotatable bonds is 8. The van der Waals surface area contributed by atoms with Crippen molar-refractivity contribution in [3.63, 3.8) is 0 Å². The first-order valence-corrected chi connectivity index (χ1v) is 8.01. The second-order valence-corrected chi connectivity index (χ2v) is 6.10. The average Bonchev–Trinajstić information content (AvgIpc) is 2.38. The van der Waals surface area contributed by atoms with E-state index < -0.39 is 10.2 Å². The van der Waals surface area contributed by atoms with Crippen molar-refractivity contribution < 1.29 is 18.3 Å². The lowest BCUT2D eigenvalue weighted by Gasteiger charge is -2.33. The second kappa shape index (κ2) is 8.06. The Balaban J connectivity index is 2.41. The Labute approximate surface area is 109 Å². The third-order valence-corrected chi connectivity index (χ3v) is 4.71. The number of ether oxygens (including phenoxy) is 1. The fraction of sp³-hybridized carbons (Fsp3) is 1.00. The minimum absolute atomic E-state index is 0.111. The summed E-state index contributed by atoms with van der Waals surface area (Å²) in [4.78, 5) is 0. The van der Waals surface area contributed by atoms with Crippen molar-refractivity contribution in [2.75, 3.05) is 32.9 Å². The number of nitrogens with zero attached hydrogens (tertiary/aromatic N) is 1. The van der Waals surface area contributed by atoms with Gasteiger partial charge in [-0.3, -0.25) is 0 Å². The number of aliphatic hydroxyl groups excluding tert-OH is 1. The predicted octanol–water partition coefficient (Wildman–Crippen LogP) is 0.0942. The van der Waals surface area contributed by atoms with Gasteiger partial charge in [-0.25, -0.2) is 4.72 Å². The van der Waals surface area contributed by atoms with Gasteiger partial charge in [-0.05, 0) is 26.2 Å². The molecule has 0 aromatic rings. The van der Waals surface area contributed by atoms with Crippen LogP contribution in [0, 0.1) is 0 Å². The molecule has 1 heterocycles. The Kier molecular flexibility index (Phi) is 7.10. The molecular weight excluding hydrogens is 256 g/mol. The van der Waals surface area contributed by atoms with Gasteiger partial charge in [0.1, 0.15) is 0 Å². The zero-order valence-electron chi connectivity index (χ0n) is 11.0. The molecule has 0 aliphatic carbocycles. The van der Waals surface area contributed by atoms with E-state index in [2.05, 4.69) is 4.72 Å². The number of nitrogens with one attached hydrogen (secondary N) is 1. The van der Waals surface area contributed by atoms with Crippen LogP contribution in [0.5, 0.6) is 0 Å². The number of piperidine rings is 1. The number of aliphatic hydroxyl groups is 1. The third kappa shape index (κ3) is 4.81. The lowest BCUT2D eigenvalue weighted by Crippen LogP contribution is -2.50. The third-order valence-electron chi connectivity index (χ3n) is 3.05. The standard InChI is InChI=1S/C11H24N2O4S/c1-2-17-9-5-7-12-18(15,16)13-8-4-3-6-11(13)10-14/h11-12,14H,2-10H2,1H3. The topological polar surface area (TPSA) is 78.9 Å². The summed E-state index contributed by atoms with van der Waals surface area (Å²) in [6.45, 7) is 3.86. The number of hydrogen-bond acceptors (Lipinski definition) is 4. The molecular formula is C11H24N2O4S. The van der Waals surface area contributed by atoms with Gasteiger partial charge in [-0.2, -0.15) is 12.7 Å². The van der Waals surface area contributed by atoms with Crippen LogP contribution >= 0.6 is 0 Å². The molecule has 1 atom stereocenters. The van der Waals surface area contributed by atoms with E-state index in [9.17, 15) is 13.5 Å². The van der Waals surface area contributed by atoms with Crippen LogP contribution in [0.15, 0.2) is 0 Å². The fourth-order valence-corrected chi connectivity index (χ4v) is 3.58. The molecule has 2 N–H and O–H groups in total. The van der Waals surface area contributed by atoms with Gasteiger partial charge in [0.05, 0.1) is 6.61 Å². The van der Waals surface area contributed by atoms with Crippen molar-refractivity contribution in [2.45, 2.75) is 38.6 Å². The highest BCUT2D eigenvalue weighted by molar-refractivity contribution is 7.87. The van der Waals surface area contributed by atoms with Crippen molar-refractivity contribution >= 4 is 10.2 Å². The molecule has 1 saturated heterocycles. The Hall–Kier alpha value is -0.210. The first-order valence-electron chi connectivity index (χ1n) is 6.57. The summed E-state index contributed by atoms with van der Waals surface area (Å²) in [5.74, 6) is 0. The molecule has 6 nitrogen and oxygen atoms in total. The van der Waals surface area contributed by atoms with Crippen LogP contribution < -0.4 is 4.72 Å². The molecule has 1 fully saturated rings. The molecule has 108 valence electrons. The van der Waals surface area contributed by atoms with E-state index in [0.29, 0.717) is 32.7 Å². The smallest absolute Gasteiger partial charge is 0.279 e. The SMILES string of the molecule is CCOCCCNS(=O)(=O)N1CCCCC1CO. The lowest BCUT2D eigenvalue weighted by molar-refractivity contribution is 0.144. The molecule has 7 heteroatoms. The van der Waals surface area contributed by atoms with Crippen molar-refractivity contribution in [1.29, 1.82) is 0 Å². The van der Waals surface area contributed by atoms with E-state index in [1.165, 1.54) is 4.31 Å². The van der Waals surface area contributed by atoms with Crippen molar-refractivity contribution in [3.05, 3.63) is 0 Å². The van der Waals surface area contributed by atoms with Crippen molar-refractivity contribution in [3.8, 4) is 0 Å².